The van der Waals surface area contributed by atoms with Gasteiger partial charge in [0.1, 0.15) is 0 Å². The highest BCUT2D eigenvalue weighted by atomic mass is 16.5. The second-order valence-electron chi connectivity index (χ2n) is 3.40. The molecule has 0 atom stereocenters. The number of rotatable bonds is 1. The molecule has 3 rings (SSSR count). The fraction of sp³-hybridized carbons (Fsp3) is 0.444. The van der Waals surface area contributed by atoms with Gasteiger partial charge in [0.2, 0.25) is 12.0 Å². The number of nitrogens with zero attached hydrogens (tertiary/aromatic N) is 4. The lowest BCUT2D eigenvalue weighted by atomic mass is 10.3. The number of fused-ring (bicyclic) bond motifs is 1. The average molecular weight is 205 g/mol. The molecule has 6 heteroatoms. The molecule has 1 aromatic rings. The zero-order valence-corrected chi connectivity index (χ0v) is 8.18. The number of ether oxygens (including phenoxy) is 1. The molecule has 2 aliphatic heterocycles. The van der Waals surface area contributed by atoms with Crippen molar-refractivity contribution in [2.24, 2.45) is 0 Å². The van der Waals surface area contributed by atoms with Gasteiger partial charge in [-0.2, -0.15) is 4.98 Å². The van der Waals surface area contributed by atoms with Gasteiger partial charge in [-0.25, -0.2) is 0 Å². The molecule has 1 radical (unpaired) electrons. The van der Waals surface area contributed by atoms with Gasteiger partial charge in [-0.1, -0.05) is 9.98 Å². The third-order valence-corrected chi connectivity index (χ3v) is 2.51. The van der Waals surface area contributed by atoms with E-state index in [1.807, 2.05) is 0 Å². The summed E-state index contributed by atoms with van der Waals surface area (Å²) in [7, 11) is 0. The van der Waals surface area contributed by atoms with Crippen LogP contribution in [0, 0.1) is 0 Å². The molecule has 0 aromatic carbocycles. The molecule has 1 saturated heterocycles. The number of hydrogen-bond acceptors (Lipinski definition) is 6. The van der Waals surface area contributed by atoms with Crippen molar-refractivity contribution < 1.29 is 4.74 Å². The predicted octanol–water partition coefficient (Wildman–Crippen LogP) is -0.266. The van der Waals surface area contributed by atoms with Gasteiger partial charge in [0.15, 0.2) is 12.1 Å². The summed E-state index contributed by atoms with van der Waals surface area (Å²) < 4.78 is 5.30. The zero-order chi connectivity index (χ0) is 10.1. The first-order valence-electron chi connectivity index (χ1n) is 4.92. The number of aliphatic imine (C=N–C) groups is 1. The van der Waals surface area contributed by atoms with E-state index in [-0.39, 0.29) is 0 Å². The minimum atomic E-state index is 0.714. The van der Waals surface area contributed by atoms with Crippen molar-refractivity contribution in [1.29, 1.82) is 0 Å². The van der Waals surface area contributed by atoms with Crippen molar-refractivity contribution >= 4 is 23.7 Å². The Morgan fingerprint density at radius 3 is 3.07 bits per heavy atom. The lowest BCUT2D eigenvalue weighted by molar-refractivity contribution is 0.122. The van der Waals surface area contributed by atoms with E-state index in [2.05, 4.69) is 25.2 Å². The number of anilines is 2. The highest BCUT2D eigenvalue weighted by molar-refractivity contribution is 5.93. The minimum absolute atomic E-state index is 0.714. The molecule has 0 unspecified atom stereocenters. The van der Waals surface area contributed by atoms with Crippen molar-refractivity contribution in [2.45, 2.75) is 0 Å². The van der Waals surface area contributed by atoms with Crippen LogP contribution >= 0.6 is 0 Å². The van der Waals surface area contributed by atoms with Gasteiger partial charge in [0.05, 0.1) is 13.2 Å². The van der Waals surface area contributed by atoms with E-state index >= 15 is 0 Å². The summed E-state index contributed by atoms with van der Waals surface area (Å²) in [6.07, 6.45) is 3.19. The van der Waals surface area contributed by atoms with Gasteiger partial charge >= 0.3 is 5.82 Å². The Balaban J connectivity index is 1.95. The third-order valence-electron chi connectivity index (χ3n) is 2.51. The van der Waals surface area contributed by atoms with Crippen molar-refractivity contribution in [3.05, 3.63) is 6.33 Å². The van der Waals surface area contributed by atoms with Crippen LogP contribution in [0.25, 0.3) is 0 Å². The van der Waals surface area contributed by atoms with Crippen molar-refractivity contribution in [3.63, 3.8) is 0 Å². The molecular formula is C9H11N5O+. The number of aromatic nitrogens is 2. The number of morpholine rings is 1. The normalized spacial score (nSPS) is 18.8. The highest BCUT2D eigenvalue weighted by Gasteiger charge is 2.26. The van der Waals surface area contributed by atoms with E-state index in [9.17, 15) is 0 Å². The molecule has 15 heavy (non-hydrogen) atoms. The van der Waals surface area contributed by atoms with Crippen LogP contribution in [-0.2, 0) is 4.74 Å². The van der Waals surface area contributed by atoms with Gasteiger partial charge in [-0.05, 0) is 0 Å². The molecule has 0 spiro atoms. The van der Waals surface area contributed by atoms with E-state index in [1.54, 1.807) is 12.7 Å². The summed E-state index contributed by atoms with van der Waals surface area (Å²) >= 11 is 0. The lowest BCUT2D eigenvalue weighted by Crippen LogP contribution is -2.37. The standard InChI is InChI=1S/C9H11N5O/c1-3-15-4-2-14(1)9-7-8(11-5-10-7)12-6-13-9/h5-6,10H,1-4H2/q+1. The Labute approximate surface area is 87.0 Å². The molecule has 3 heterocycles. The van der Waals surface area contributed by atoms with Crippen molar-refractivity contribution in [1.82, 2.24) is 15.0 Å². The van der Waals surface area contributed by atoms with Crippen molar-refractivity contribution in [2.75, 3.05) is 36.5 Å². The summed E-state index contributed by atoms with van der Waals surface area (Å²) in [6, 6.07) is 0. The number of hydrogen-bond donors (Lipinski definition) is 1. The summed E-state index contributed by atoms with van der Waals surface area (Å²) in [5, 5.41) is 3.07. The molecule has 0 amide bonds. The lowest BCUT2D eigenvalue weighted by Gasteiger charge is -2.27. The summed E-state index contributed by atoms with van der Waals surface area (Å²) in [5.41, 5.74) is 0.902. The average Bonchev–Trinajstić information content (AvgIpc) is 2.78. The predicted molar refractivity (Wildman–Crippen MR) is 56.5 cm³/mol. The Hall–Kier alpha value is -1.69. The molecule has 0 aliphatic carbocycles. The second-order valence-corrected chi connectivity index (χ2v) is 3.40. The van der Waals surface area contributed by atoms with Crippen LogP contribution in [0.1, 0.15) is 0 Å². The molecule has 6 nitrogen and oxygen atoms in total. The van der Waals surface area contributed by atoms with Gasteiger partial charge < -0.3 is 9.64 Å². The summed E-state index contributed by atoms with van der Waals surface area (Å²) in [5.74, 6) is 1.63. The van der Waals surface area contributed by atoms with E-state index in [0.29, 0.717) is 5.82 Å². The molecule has 1 fully saturated rings. The van der Waals surface area contributed by atoms with Crippen LogP contribution in [0.5, 0.6) is 0 Å². The maximum Gasteiger partial charge on any atom is 0.341 e. The first-order valence-corrected chi connectivity index (χ1v) is 4.92. The Kier molecular flexibility index (Phi) is 1.99. The van der Waals surface area contributed by atoms with Gasteiger partial charge in [-0.3, -0.25) is 5.32 Å². The summed E-state index contributed by atoms with van der Waals surface area (Å²) in [6.45, 7) is 3.23. The SMILES string of the molecule is C1=[N+]c2ncnc(N3CCOCC3)c2N1. The first kappa shape index (κ1) is 8.60. The molecule has 0 bridgehead atoms. The van der Waals surface area contributed by atoms with Crippen LogP contribution in [0.15, 0.2) is 6.33 Å². The molecule has 0 saturated carbocycles. The van der Waals surface area contributed by atoms with E-state index < -0.39 is 0 Å². The third kappa shape index (κ3) is 1.42. The largest absolute Gasteiger partial charge is 0.378 e. The molecule has 77 valence electrons. The quantitative estimate of drug-likeness (QED) is 0.684. The Bertz CT molecular complexity index is 399. The van der Waals surface area contributed by atoms with Crippen molar-refractivity contribution in [3.8, 4) is 0 Å². The highest BCUT2D eigenvalue weighted by Crippen LogP contribution is 2.30. The van der Waals surface area contributed by atoms with Crippen LogP contribution < -0.4 is 15.2 Å². The monoisotopic (exact) mass is 205 g/mol. The molecule has 1 aromatic heterocycles. The second kappa shape index (κ2) is 3.47. The number of nitrogens with one attached hydrogen (secondary N) is 1. The van der Waals surface area contributed by atoms with Crippen LogP contribution in [-0.4, -0.2) is 42.6 Å². The van der Waals surface area contributed by atoms with E-state index in [1.165, 1.54) is 0 Å². The molecule has 2 aliphatic rings. The fourth-order valence-corrected chi connectivity index (χ4v) is 1.77. The molecule has 1 N–H and O–H groups in total. The first-order chi connectivity index (χ1) is 7.45. The maximum absolute atomic E-state index is 5.30. The topological polar surface area (TPSA) is 64.4 Å². The van der Waals surface area contributed by atoms with Gasteiger partial charge in [0, 0.05) is 13.1 Å². The summed E-state index contributed by atoms with van der Waals surface area (Å²) in [4.78, 5) is 14.7. The molecular weight excluding hydrogens is 194 g/mol. The zero-order valence-electron chi connectivity index (χ0n) is 8.18. The maximum atomic E-state index is 5.30. The Morgan fingerprint density at radius 1 is 1.33 bits per heavy atom. The minimum Gasteiger partial charge on any atom is -0.378 e. The smallest absolute Gasteiger partial charge is 0.341 e. The van der Waals surface area contributed by atoms with Crippen LogP contribution in [0.4, 0.5) is 17.3 Å². The van der Waals surface area contributed by atoms with Gasteiger partial charge in [-0.15, -0.1) is 0 Å². The van der Waals surface area contributed by atoms with Crippen LogP contribution in [0.3, 0.4) is 0 Å². The fourth-order valence-electron chi connectivity index (χ4n) is 1.77. The van der Waals surface area contributed by atoms with E-state index in [0.717, 1.165) is 37.8 Å². The van der Waals surface area contributed by atoms with Crippen LogP contribution in [0.2, 0.25) is 0 Å². The Morgan fingerprint density at radius 2 is 2.20 bits per heavy atom. The van der Waals surface area contributed by atoms with E-state index in [4.69, 9.17) is 4.74 Å². The van der Waals surface area contributed by atoms with Gasteiger partial charge in [0.25, 0.3) is 0 Å².